The summed E-state index contributed by atoms with van der Waals surface area (Å²) in [5, 5.41) is 26.9. The molecule has 0 saturated carbocycles. The number of phosphoric acid groups is 1. The quantitative estimate of drug-likeness (QED) is 0.0143. The topological polar surface area (TPSA) is 306 Å². The van der Waals surface area contributed by atoms with Crippen LogP contribution >= 0.6 is 7.82 Å². The van der Waals surface area contributed by atoms with Crippen LogP contribution in [-0.2, 0) is 71.1 Å². The molecule has 22 heteroatoms. The molecule has 1 aliphatic heterocycles. The van der Waals surface area contributed by atoms with Crippen molar-refractivity contribution in [2.24, 2.45) is 0 Å². The molecule has 0 aliphatic carbocycles. The van der Waals surface area contributed by atoms with E-state index in [0.29, 0.717) is 51.4 Å². The van der Waals surface area contributed by atoms with Crippen LogP contribution in [0.15, 0.2) is 0 Å². The summed E-state index contributed by atoms with van der Waals surface area (Å²) in [7, 11) is -5.56. The number of hydrogen-bond donors (Lipinski definition) is 6. The van der Waals surface area contributed by atoms with Gasteiger partial charge in [0.2, 0.25) is 11.8 Å². The van der Waals surface area contributed by atoms with Gasteiger partial charge in [-0.2, -0.15) is 0 Å². The maximum atomic E-state index is 14.8. The predicted octanol–water partition coefficient (Wildman–Crippen LogP) is 19.3. The molecule has 0 aromatic carbocycles. The molecule has 103 heavy (non-hydrogen) atoms. The number of carbonyl (C=O) groups excluding carboxylic acids is 6. The number of esters is 4. The normalized spacial score (nSPS) is 17.3. The van der Waals surface area contributed by atoms with E-state index in [9.17, 15) is 58.1 Å². The number of carboxylic acid groups (broad SMARTS) is 1. The maximum Gasteiger partial charge on any atom is 0.470 e. The van der Waals surface area contributed by atoms with Gasteiger partial charge in [0, 0.05) is 19.3 Å². The Bertz CT molecular complexity index is 2170. The molecule has 0 spiro atoms. The average Bonchev–Trinajstić information content (AvgIpc) is 0.781. The van der Waals surface area contributed by atoms with E-state index < -0.39 is 131 Å². The molecule has 2 unspecified atom stereocenters. The average molecular weight is 1490 g/mol. The largest absolute Gasteiger partial charge is 0.480 e. The zero-order chi connectivity index (χ0) is 75.8. The molecule has 1 heterocycles. The van der Waals surface area contributed by atoms with Crippen LogP contribution in [-0.4, -0.2) is 130 Å². The van der Waals surface area contributed by atoms with Gasteiger partial charge in [0.05, 0.1) is 32.5 Å². The zero-order valence-corrected chi connectivity index (χ0v) is 66.7. The number of carbonyl (C=O) groups is 7. The van der Waals surface area contributed by atoms with E-state index >= 15 is 0 Å². The van der Waals surface area contributed by atoms with Gasteiger partial charge < -0.3 is 59.1 Å². The first-order chi connectivity index (χ1) is 49.8. The lowest BCUT2D eigenvalue weighted by Crippen LogP contribution is -2.66. The lowest BCUT2D eigenvalue weighted by Gasteiger charge is -2.45. The zero-order valence-electron chi connectivity index (χ0n) is 65.8. The van der Waals surface area contributed by atoms with Crippen LogP contribution in [0.3, 0.4) is 0 Å². The maximum absolute atomic E-state index is 14.8. The van der Waals surface area contributed by atoms with Crippen molar-refractivity contribution in [3.05, 3.63) is 0 Å². The number of rotatable bonds is 73. The minimum absolute atomic E-state index is 0.125. The van der Waals surface area contributed by atoms with E-state index in [-0.39, 0.29) is 32.1 Å². The minimum Gasteiger partial charge on any atom is -0.480 e. The van der Waals surface area contributed by atoms with Crippen molar-refractivity contribution >= 4 is 49.5 Å². The molecule has 0 aromatic rings. The fourth-order valence-corrected chi connectivity index (χ4v) is 14.1. The summed E-state index contributed by atoms with van der Waals surface area (Å²) in [6.45, 7) is 11.1. The Balaban J connectivity index is 3.85. The first-order valence-electron chi connectivity index (χ1n) is 42.1. The second-order valence-electron chi connectivity index (χ2n) is 29.5. The van der Waals surface area contributed by atoms with Crippen LogP contribution in [0.25, 0.3) is 0 Å². The minimum atomic E-state index is -5.56. The van der Waals surface area contributed by atoms with Crippen LogP contribution in [0.2, 0.25) is 0 Å². The third kappa shape index (κ3) is 55.4. The van der Waals surface area contributed by atoms with Crippen molar-refractivity contribution in [2.75, 3.05) is 13.2 Å². The number of amides is 2. The summed E-state index contributed by atoms with van der Waals surface area (Å²) < 4.78 is 54.9. The number of phosphoric ester groups is 1. The summed E-state index contributed by atoms with van der Waals surface area (Å²) in [6, 6.07) is -3.60. The number of carboxylic acids is 1. The highest BCUT2D eigenvalue weighted by Gasteiger charge is 2.52. The molecular weight excluding hydrogens is 1340 g/mol. The lowest BCUT2D eigenvalue weighted by atomic mass is 9.95. The van der Waals surface area contributed by atoms with Crippen LogP contribution in [0.1, 0.15) is 408 Å². The van der Waals surface area contributed by atoms with Gasteiger partial charge in [-0.05, 0) is 57.8 Å². The smallest absolute Gasteiger partial charge is 0.470 e. The Kier molecular flexibility index (Phi) is 62.8. The van der Waals surface area contributed by atoms with Crippen molar-refractivity contribution in [3.8, 4) is 0 Å². The summed E-state index contributed by atoms with van der Waals surface area (Å²) in [4.78, 5) is 118. The fraction of sp³-hybridized carbons (Fsp3) is 0.914. The van der Waals surface area contributed by atoms with Gasteiger partial charge in [-0.15, -0.1) is 0 Å². The van der Waals surface area contributed by atoms with Crippen LogP contribution < -0.4 is 10.6 Å². The van der Waals surface area contributed by atoms with Gasteiger partial charge in [0.15, 0.2) is 18.4 Å². The Morgan fingerprint density at radius 2 is 0.699 bits per heavy atom. The number of hydrogen-bond acceptors (Lipinski definition) is 16. The van der Waals surface area contributed by atoms with Crippen molar-refractivity contribution in [1.29, 1.82) is 0 Å². The number of ether oxygens (including phenoxy) is 6. The monoisotopic (exact) mass is 1490 g/mol. The van der Waals surface area contributed by atoms with E-state index in [0.717, 1.165) is 225 Å². The number of aliphatic hydroxyl groups is 1. The standard InChI is InChI=1S/C81H151N2O19P/c1-7-13-19-25-31-34-40-43-49-55-66(97-73(87)58-52-46-37-28-22-16-10-4)61-71(85)82-69(80(91)92)65-96-81-77(83-72(86)62-67(56-50-44-41-35-32-26-20-14-8-2)98-74(88)59-53-47-38-29-23-17-11-5)79(78(70(64-84)100-81)102-103(93,94)95)101-76(90)63-68(57-51-45-42-36-33-27-21-15-9-3)99-75(89)60-54-48-39-30-24-18-12-6/h66-70,77-79,81,84H,7-65H2,1-6H3,(H,82,85)(H,83,86)(H,91,92)(H2,93,94,95)/t66-,67-,68-,69-,70?,77+,78-,79?,81-/m1/s1. The van der Waals surface area contributed by atoms with Crippen LogP contribution in [0, 0.1) is 0 Å². The third-order valence-electron chi connectivity index (χ3n) is 19.7. The number of aliphatic hydroxyl groups excluding tert-OH is 1. The molecule has 21 nitrogen and oxygen atoms in total. The Morgan fingerprint density at radius 1 is 0.398 bits per heavy atom. The summed E-state index contributed by atoms with van der Waals surface area (Å²) >= 11 is 0. The van der Waals surface area contributed by atoms with E-state index in [1.807, 2.05) is 0 Å². The second kappa shape index (κ2) is 66.5. The van der Waals surface area contributed by atoms with Gasteiger partial charge in [-0.25, -0.2) is 9.36 Å². The van der Waals surface area contributed by atoms with Crippen LogP contribution in [0.5, 0.6) is 0 Å². The van der Waals surface area contributed by atoms with Gasteiger partial charge in [-0.3, -0.25) is 33.3 Å². The van der Waals surface area contributed by atoms with Crippen molar-refractivity contribution in [3.63, 3.8) is 0 Å². The summed E-state index contributed by atoms with van der Waals surface area (Å²) in [5.74, 6) is -5.54. The van der Waals surface area contributed by atoms with E-state index in [1.165, 1.54) is 44.9 Å². The molecule has 604 valence electrons. The molecular formula is C81H151N2O19P. The Morgan fingerprint density at radius 3 is 1.01 bits per heavy atom. The summed E-state index contributed by atoms with van der Waals surface area (Å²) in [5.41, 5.74) is 0. The molecule has 2 amide bonds. The van der Waals surface area contributed by atoms with Crippen molar-refractivity contribution in [1.82, 2.24) is 10.6 Å². The van der Waals surface area contributed by atoms with E-state index in [1.54, 1.807) is 0 Å². The van der Waals surface area contributed by atoms with Gasteiger partial charge >= 0.3 is 37.7 Å². The molecule has 0 radical (unpaired) electrons. The first kappa shape index (κ1) is 97.3. The lowest BCUT2D eigenvalue weighted by molar-refractivity contribution is -0.272. The first-order valence-corrected chi connectivity index (χ1v) is 43.6. The SMILES string of the molecule is CCCCCCCCCCC[C@H](CC(=O)N[C@H](CO[C@@H]1OC(CO)[C@@H](OP(=O)(O)O)C(OC(=O)C[C@@H](CCCCCCCCCCC)OC(=O)CCCCCCCCC)[C@@H]1NC(=O)C[C@@H](CCCCCCCCCCC)OC(=O)CCCCCCCCC)C(=O)O)OC(=O)CCCCCCCCC. The number of unbranched alkanes of at least 4 members (excludes halogenated alkanes) is 42. The van der Waals surface area contributed by atoms with Crippen molar-refractivity contribution in [2.45, 2.75) is 463 Å². The molecule has 1 aliphatic rings. The summed E-state index contributed by atoms with van der Waals surface area (Å²) in [6.07, 6.45) is 38.1. The molecule has 0 aromatic heterocycles. The second-order valence-corrected chi connectivity index (χ2v) is 30.7. The fourth-order valence-electron chi connectivity index (χ4n) is 13.5. The molecule has 1 rings (SSSR count). The highest BCUT2D eigenvalue weighted by molar-refractivity contribution is 7.46. The van der Waals surface area contributed by atoms with Crippen LogP contribution in [0.4, 0.5) is 0 Å². The number of nitrogens with one attached hydrogen (secondary N) is 2. The van der Waals surface area contributed by atoms with Crippen molar-refractivity contribution < 1.29 is 91.1 Å². The highest BCUT2D eigenvalue weighted by atomic mass is 31.2. The van der Waals surface area contributed by atoms with Gasteiger partial charge in [-0.1, -0.05) is 311 Å². The molecule has 0 bridgehead atoms. The third-order valence-corrected chi connectivity index (χ3v) is 20.2. The number of aliphatic carboxylic acids is 1. The molecule has 6 N–H and O–H groups in total. The van der Waals surface area contributed by atoms with Gasteiger partial charge in [0.25, 0.3) is 0 Å². The van der Waals surface area contributed by atoms with Gasteiger partial charge in [0.1, 0.15) is 36.6 Å². The molecule has 1 fully saturated rings. The Labute approximate surface area is 624 Å². The predicted molar refractivity (Wildman–Crippen MR) is 407 cm³/mol. The molecule has 1 saturated heterocycles. The highest BCUT2D eigenvalue weighted by Crippen LogP contribution is 2.42. The van der Waals surface area contributed by atoms with E-state index in [4.69, 9.17) is 32.9 Å². The van der Waals surface area contributed by atoms with E-state index in [2.05, 4.69) is 52.2 Å². The molecule has 9 atom stereocenters. The Hall–Kier alpha value is -3.72.